The summed E-state index contributed by atoms with van der Waals surface area (Å²) in [4.78, 5) is 0. The van der Waals surface area contributed by atoms with Crippen LogP contribution in [0.3, 0.4) is 0 Å². The van der Waals surface area contributed by atoms with E-state index in [1.165, 1.54) is 25.7 Å². The summed E-state index contributed by atoms with van der Waals surface area (Å²) in [5.41, 5.74) is 3.21. The minimum absolute atomic E-state index is 0.761. The number of allylic oxidation sites excluding steroid dienone is 4. The van der Waals surface area contributed by atoms with Crippen LogP contribution in [0, 0.1) is 5.92 Å². The predicted octanol–water partition coefficient (Wildman–Crippen LogP) is 4.09. The van der Waals surface area contributed by atoms with Crippen molar-refractivity contribution in [1.29, 1.82) is 0 Å². The zero-order valence-electron chi connectivity index (χ0n) is 8.56. The van der Waals surface area contributed by atoms with E-state index in [0.29, 0.717) is 0 Å². The molecule has 0 nitrogen and oxygen atoms in total. The summed E-state index contributed by atoms with van der Waals surface area (Å²) in [7, 11) is 0. The van der Waals surface area contributed by atoms with Crippen LogP contribution >= 0.6 is 0 Å². The van der Waals surface area contributed by atoms with Gasteiger partial charge in [0.1, 0.15) is 0 Å². The normalized spacial score (nSPS) is 19.9. The Morgan fingerprint density at radius 1 is 1.25 bits per heavy atom. The van der Waals surface area contributed by atoms with Crippen molar-refractivity contribution in [1.82, 2.24) is 0 Å². The first kappa shape index (κ1) is 9.57. The van der Waals surface area contributed by atoms with Gasteiger partial charge in [0.25, 0.3) is 0 Å². The largest absolute Gasteiger partial charge is 0.0807 e. The first-order valence-electron chi connectivity index (χ1n) is 5.19. The van der Waals surface area contributed by atoms with Crippen molar-refractivity contribution >= 4 is 0 Å². The summed E-state index contributed by atoms with van der Waals surface area (Å²) in [5.74, 6) is 0.761. The maximum Gasteiger partial charge on any atom is -0.0194 e. The van der Waals surface area contributed by atoms with E-state index < -0.39 is 0 Å². The zero-order valence-corrected chi connectivity index (χ0v) is 8.56. The molecule has 12 heavy (non-hydrogen) atoms. The number of hydrogen-bond donors (Lipinski definition) is 0. The molecule has 0 aromatic rings. The fourth-order valence-electron chi connectivity index (χ4n) is 1.83. The summed E-state index contributed by atoms with van der Waals surface area (Å²) in [6, 6.07) is 0. The monoisotopic (exact) mass is 164 g/mol. The summed E-state index contributed by atoms with van der Waals surface area (Å²) < 4.78 is 0. The molecule has 0 aliphatic heterocycles. The van der Waals surface area contributed by atoms with Gasteiger partial charge in [-0.1, -0.05) is 32.9 Å². The van der Waals surface area contributed by atoms with Crippen LogP contribution in [0.15, 0.2) is 23.3 Å². The van der Waals surface area contributed by atoms with E-state index in [9.17, 15) is 0 Å². The molecule has 0 radical (unpaired) electrons. The van der Waals surface area contributed by atoms with E-state index in [2.05, 4.69) is 32.9 Å². The van der Waals surface area contributed by atoms with Crippen LogP contribution in [0.25, 0.3) is 0 Å². The maximum atomic E-state index is 2.44. The molecule has 0 fully saturated rings. The second-order valence-corrected chi connectivity index (χ2v) is 3.63. The van der Waals surface area contributed by atoms with Gasteiger partial charge in [-0.05, 0) is 42.7 Å². The van der Waals surface area contributed by atoms with Crippen LogP contribution in [0.1, 0.15) is 46.5 Å². The average Bonchev–Trinajstić information content (AvgIpc) is 2.16. The Hall–Kier alpha value is -0.520. The molecule has 0 saturated heterocycles. The zero-order chi connectivity index (χ0) is 8.97. The Kier molecular flexibility index (Phi) is 3.58. The van der Waals surface area contributed by atoms with Gasteiger partial charge in [-0.3, -0.25) is 0 Å². The van der Waals surface area contributed by atoms with Gasteiger partial charge in [-0.2, -0.15) is 0 Å². The van der Waals surface area contributed by atoms with Gasteiger partial charge in [0.2, 0.25) is 0 Å². The van der Waals surface area contributed by atoms with Gasteiger partial charge >= 0.3 is 0 Å². The van der Waals surface area contributed by atoms with Crippen LogP contribution in [-0.4, -0.2) is 0 Å². The smallest absolute Gasteiger partial charge is 0.0194 e. The van der Waals surface area contributed by atoms with Gasteiger partial charge in [0.05, 0.1) is 0 Å². The van der Waals surface area contributed by atoms with E-state index in [4.69, 9.17) is 0 Å². The van der Waals surface area contributed by atoms with E-state index in [1.54, 1.807) is 11.1 Å². The SMILES string of the molecule is CCC1=CCCC=C1C(C)CC. The first-order valence-corrected chi connectivity index (χ1v) is 5.19. The topological polar surface area (TPSA) is 0 Å². The molecule has 0 saturated carbocycles. The molecule has 0 N–H and O–H groups in total. The Labute approximate surface area is 76.4 Å². The third-order valence-corrected chi connectivity index (χ3v) is 2.82. The Balaban J connectivity index is 2.73. The summed E-state index contributed by atoms with van der Waals surface area (Å²) in [6.45, 7) is 6.86. The van der Waals surface area contributed by atoms with Crippen molar-refractivity contribution in [3.63, 3.8) is 0 Å². The maximum absolute atomic E-state index is 2.44. The molecular weight excluding hydrogens is 144 g/mol. The van der Waals surface area contributed by atoms with Gasteiger partial charge < -0.3 is 0 Å². The molecule has 0 heteroatoms. The second-order valence-electron chi connectivity index (χ2n) is 3.63. The third kappa shape index (κ3) is 2.00. The van der Waals surface area contributed by atoms with E-state index in [0.717, 1.165) is 5.92 Å². The molecule has 1 rings (SSSR count). The van der Waals surface area contributed by atoms with Crippen LogP contribution in [0.4, 0.5) is 0 Å². The molecule has 0 amide bonds. The standard InChI is InChI=1S/C12H20/c1-4-10(3)12-9-7-6-8-11(12)5-2/h8-10H,4-7H2,1-3H3. The molecule has 0 spiro atoms. The molecule has 0 aromatic heterocycles. The summed E-state index contributed by atoms with van der Waals surface area (Å²) in [5, 5.41) is 0. The highest BCUT2D eigenvalue weighted by atomic mass is 14.2. The van der Waals surface area contributed by atoms with E-state index >= 15 is 0 Å². The Morgan fingerprint density at radius 3 is 2.50 bits per heavy atom. The molecular formula is C12H20. The van der Waals surface area contributed by atoms with Crippen molar-refractivity contribution < 1.29 is 0 Å². The molecule has 0 aromatic carbocycles. The molecule has 1 aliphatic carbocycles. The van der Waals surface area contributed by atoms with E-state index in [1.807, 2.05) is 0 Å². The van der Waals surface area contributed by atoms with Gasteiger partial charge in [0, 0.05) is 0 Å². The highest BCUT2D eigenvalue weighted by Gasteiger charge is 2.12. The lowest BCUT2D eigenvalue weighted by atomic mass is 9.86. The van der Waals surface area contributed by atoms with Crippen molar-refractivity contribution in [3.8, 4) is 0 Å². The van der Waals surface area contributed by atoms with E-state index in [-0.39, 0.29) is 0 Å². The predicted molar refractivity (Wildman–Crippen MR) is 55.1 cm³/mol. The lowest BCUT2D eigenvalue weighted by molar-refractivity contribution is 0.646. The number of rotatable bonds is 3. The molecule has 1 unspecified atom stereocenters. The Morgan fingerprint density at radius 2 is 1.92 bits per heavy atom. The van der Waals surface area contributed by atoms with Crippen LogP contribution < -0.4 is 0 Å². The quantitative estimate of drug-likeness (QED) is 0.589. The van der Waals surface area contributed by atoms with Crippen LogP contribution in [-0.2, 0) is 0 Å². The molecule has 1 aliphatic rings. The fraction of sp³-hybridized carbons (Fsp3) is 0.667. The van der Waals surface area contributed by atoms with Gasteiger partial charge in [-0.15, -0.1) is 0 Å². The lowest BCUT2D eigenvalue weighted by Gasteiger charge is -2.20. The molecule has 0 heterocycles. The first-order chi connectivity index (χ1) is 5.79. The van der Waals surface area contributed by atoms with Crippen LogP contribution in [0.2, 0.25) is 0 Å². The van der Waals surface area contributed by atoms with Gasteiger partial charge in [-0.25, -0.2) is 0 Å². The summed E-state index contributed by atoms with van der Waals surface area (Å²) in [6.07, 6.45) is 9.83. The third-order valence-electron chi connectivity index (χ3n) is 2.82. The van der Waals surface area contributed by atoms with Crippen molar-refractivity contribution in [3.05, 3.63) is 23.3 Å². The molecule has 0 bridgehead atoms. The minimum atomic E-state index is 0.761. The highest BCUT2D eigenvalue weighted by molar-refractivity contribution is 5.34. The fourth-order valence-corrected chi connectivity index (χ4v) is 1.83. The van der Waals surface area contributed by atoms with Crippen LogP contribution in [0.5, 0.6) is 0 Å². The number of hydrogen-bond acceptors (Lipinski definition) is 0. The molecule has 68 valence electrons. The van der Waals surface area contributed by atoms with Crippen molar-refractivity contribution in [2.75, 3.05) is 0 Å². The lowest BCUT2D eigenvalue weighted by Crippen LogP contribution is -2.03. The van der Waals surface area contributed by atoms with Crippen molar-refractivity contribution in [2.24, 2.45) is 5.92 Å². The second kappa shape index (κ2) is 4.49. The minimum Gasteiger partial charge on any atom is -0.0807 e. The van der Waals surface area contributed by atoms with Crippen molar-refractivity contribution in [2.45, 2.75) is 46.5 Å². The van der Waals surface area contributed by atoms with Gasteiger partial charge in [0.15, 0.2) is 0 Å². The highest BCUT2D eigenvalue weighted by Crippen LogP contribution is 2.28. The Bertz CT molecular complexity index is 196. The molecule has 1 atom stereocenters. The average molecular weight is 164 g/mol. The summed E-state index contributed by atoms with van der Waals surface area (Å²) >= 11 is 0.